The van der Waals surface area contributed by atoms with Crippen molar-refractivity contribution in [3.8, 4) is 0 Å². The average Bonchev–Trinajstić information content (AvgIpc) is 3.21. The lowest BCUT2D eigenvalue weighted by Crippen LogP contribution is -2.45. The van der Waals surface area contributed by atoms with Gasteiger partial charge in [0.15, 0.2) is 0 Å². The quantitative estimate of drug-likeness (QED) is 0.0324. The smallest absolute Gasteiger partial charge is 0.305 e. The number of rotatable bonds is 45. The Morgan fingerprint density at radius 1 is 0.491 bits per heavy atom. The van der Waals surface area contributed by atoms with Crippen LogP contribution in [0.25, 0.3) is 0 Å². The van der Waals surface area contributed by atoms with Gasteiger partial charge < -0.3 is 20.3 Å². The number of carbonyl (C=O) groups excluding carboxylic acids is 2. The lowest BCUT2D eigenvalue weighted by Gasteiger charge is -2.22. The Labute approximate surface area is 353 Å². The van der Waals surface area contributed by atoms with Crippen molar-refractivity contribution in [2.45, 2.75) is 264 Å². The third kappa shape index (κ3) is 43.5. The van der Waals surface area contributed by atoms with Crippen LogP contribution in [0, 0.1) is 0 Å². The van der Waals surface area contributed by atoms with Crippen LogP contribution in [0.4, 0.5) is 0 Å². The van der Waals surface area contributed by atoms with Gasteiger partial charge in [-0.1, -0.05) is 192 Å². The summed E-state index contributed by atoms with van der Waals surface area (Å²) in [5, 5.41) is 23.1. The first kappa shape index (κ1) is 55.1. The molecule has 0 saturated carbocycles. The van der Waals surface area contributed by atoms with E-state index in [-0.39, 0.29) is 18.5 Å². The zero-order valence-electron chi connectivity index (χ0n) is 37.8. The van der Waals surface area contributed by atoms with Gasteiger partial charge in [-0.2, -0.15) is 0 Å². The number of carbonyl (C=O) groups is 2. The number of amides is 1. The molecule has 334 valence electrons. The van der Waals surface area contributed by atoms with Crippen molar-refractivity contribution in [3.63, 3.8) is 0 Å². The average molecular weight is 802 g/mol. The van der Waals surface area contributed by atoms with Gasteiger partial charge >= 0.3 is 5.97 Å². The Balaban J connectivity index is 3.51. The SMILES string of the molecule is CCCCC/C=C\C/C=C\CCCCCCCCCCCC(=O)OCCCC/C=C\CCCCCCC(=O)NC(CO)C(O)CCCCCCCCCCCCC. The highest BCUT2D eigenvalue weighted by atomic mass is 16.5. The van der Waals surface area contributed by atoms with E-state index in [1.54, 1.807) is 0 Å². The molecule has 0 fully saturated rings. The maximum atomic E-state index is 12.4. The Bertz CT molecular complexity index is 931. The van der Waals surface area contributed by atoms with Crippen molar-refractivity contribution >= 4 is 11.9 Å². The van der Waals surface area contributed by atoms with Crippen LogP contribution in [0.2, 0.25) is 0 Å². The predicted octanol–water partition coefficient (Wildman–Crippen LogP) is 14.5. The number of ether oxygens (including phenoxy) is 1. The maximum Gasteiger partial charge on any atom is 0.305 e. The second-order valence-corrected chi connectivity index (χ2v) is 16.8. The summed E-state index contributed by atoms with van der Waals surface area (Å²) in [4.78, 5) is 24.4. The van der Waals surface area contributed by atoms with Crippen LogP contribution in [-0.4, -0.2) is 47.4 Å². The van der Waals surface area contributed by atoms with Crippen LogP contribution in [0.3, 0.4) is 0 Å². The fraction of sp³-hybridized carbons (Fsp3) is 0.843. The van der Waals surface area contributed by atoms with Crippen molar-refractivity contribution in [1.29, 1.82) is 0 Å². The molecular weight excluding hydrogens is 707 g/mol. The molecule has 0 aromatic carbocycles. The van der Waals surface area contributed by atoms with E-state index in [0.717, 1.165) is 83.5 Å². The number of aliphatic hydroxyl groups is 2. The Morgan fingerprint density at radius 2 is 0.877 bits per heavy atom. The van der Waals surface area contributed by atoms with E-state index in [1.165, 1.54) is 135 Å². The Morgan fingerprint density at radius 3 is 1.39 bits per heavy atom. The van der Waals surface area contributed by atoms with E-state index < -0.39 is 12.1 Å². The van der Waals surface area contributed by atoms with Crippen LogP contribution in [-0.2, 0) is 14.3 Å². The molecule has 0 aliphatic carbocycles. The van der Waals surface area contributed by atoms with Crippen molar-refractivity contribution in [1.82, 2.24) is 5.32 Å². The molecule has 0 aliphatic rings. The van der Waals surface area contributed by atoms with Gasteiger partial charge in [-0.05, 0) is 83.5 Å². The fourth-order valence-corrected chi connectivity index (χ4v) is 7.31. The van der Waals surface area contributed by atoms with Gasteiger partial charge in [0.1, 0.15) is 0 Å². The highest BCUT2D eigenvalue weighted by Gasteiger charge is 2.20. The van der Waals surface area contributed by atoms with Gasteiger partial charge in [0.25, 0.3) is 0 Å². The number of unbranched alkanes of at least 4 members (excludes halogenated alkanes) is 28. The molecule has 0 spiro atoms. The number of allylic oxidation sites excluding steroid dienone is 6. The van der Waals surface area contributed by atoms with Gasteiger partial charge in [0.2, 0.25) is 5.91 Å². The number of nitrogens with one attached hydrogen (secondary N) is 1. The summed E-state index contributed by atoms with van der Waals surface area (Å²) in [5.74, 6) is -0.114. The molecule has 2 atom stereocenters. The van der Waals surface area contributed by atoms with E-state index in [0.29, 0.717) is 25.9 Å². The molecule has 1 amide bonds. The molecule has 0 bridgehead atoms. The van der Waals surface area contributed by atoms with Crippen molar-refractivity contribution in [2.75, 3.05) is 13.2 Å². The van der Waals surface area contributed by atoms with Crippen molar-refractivity contribution in [2.24, 2.45) is 0 Å². The molecule has 0 aromatic rings. The highest BCUT2D eigenvalue weighted by molar-refractivity contribution is 5.76. The monoisotopic (exact) mass is 802 g/mol. The molecule has 57 heavy (non-hydrogen) atoms. The minimum Gasteiger partial charge on any atom is -0.466 e. The third-order valence-electron chi connectivity index (χ3n) is 11.2. The second kappa shape index (κ2) is 46.8. The molecule has 6 heteroatoms. The second-order valence-electron chi connectivity index (χ2n) is 16.8. The summed E-state index contributed by atoms with van der Waals surface area (Å²) in [6.45, 7) is 4.82. The molecule has 0 saturated heterocycles. The summed E-state index contributed by atoms with van der Waals surface area (Å²) in [7, 11) is 0. The summed E-state index contributed by atoms with van der Waals surface area (Å²) in [6.07, 6.45) is 55.4. The molecule has 0 aromatic heterocycles. The van der Waals surface area contributed by atoms with Gasteiger partial charge in [-0.3, -0.25) is 9.59 Å². The largest absolute Gasteiger partial charge is 0.466 e. The fourth-order valence-electron chi connectivity index (χ4n) is 7.31. The molecule has 0 radical (unpaired) electrons. The molecule has 3 N–H and O–H groups in total. The molecule has 2 unspecified atom stereocenters. The topological polar surface area (TPSA) is 95.9 Å². The van der Waals surface area contributed by atoms with E-state index in [1.807, 2.05) is 0 Å². The molecule has 0 heterocycles. The van der Waals surface area contributed by atoms with E-state index in [9.17, 15) is 19.8 Å². The molecule has 6 nitrogen and oxygen atoms in total. The van der Waals surface area contributed by atoms with Gasteiger partial charge in [0, 0.05) is 12.8 Å². The van der Waals surface area contributed by atoms with Crippen LogP contribution >= 0.6 is 0 Å². The van der Waals surface area contributed by atoms with Crippen LogP contribution in [0.1, 0.15) is 251 Å². The van der Waals surface area contributed by atoms with E-state index in [2.05, 4.69) is 55.6 Å². The van der Waals surface area contributed by atoms with Crippen LogP contribution < -0.4 is 5.32 Å². The summed E-state index contributed by atoms with van der Waals surface area (Å²) < 4.78 is 5.44. The predicted molar refractivity (Wildman–Crippen MR) is 246 cm³/mol. The normalized spacial score (nSPS) is 13.0. The number of aliphatic hydroxyl groups excluding tert-OH is 2. The minimum absolute atomic E-state index is 0.0410. The first-order chi connectivity index (χ1) is 28.0. The van der Waals surface area contributed by atoms with Gasteiger partial charge in [-0.15, -0.1) is 0 Å². The zero-order chi connectivity index (χ0) is 41.5. The molecular formula is C51H95NO5. The first-order valence-corrected chi connectivity index (χ1v) is 24.7. The Hall–Kier alpha value is -1.92. The first-order valence-electron chi connectivity index (χ1n) is 24.7. The summed E-state index contributed by atoms with van der Waals surface area (Å²) in [6, 6.07) is -0.566. The number of esters is 1. The number of hydrogen-bond acceptors (Lipinski definition) is 5. The lowest BCUT2D eigenvalue weighted by atomic mass is 10.0. The van der Waals surface area contributed by atoms with Gasteiger partial charge in [-0.25, -0.2) is 0 Å². The standard InChI is InChI=1S/C51H95NO5/c1-3-5-7-9-11-13-15-16-17-18-19-20-21-22-24-29-33-37-41-45-51(56)57-46-42-38-34-30-26-25-28-32-36-40-44-50(55)52-48(47-53)49(54)43-39-35-31-27-23-14-12-10-8-6-4-2/h11,13,16-17,26,30,48-49,53-54H,3-10,12,14-15,18-25,27-29,31-47H2,1-2H3,(H,52,55)/b13-11-,17-16-,30-26-. The van der Waals surface area contributed by atoms with E-state index >= 15 is 0 Å². The number of hydrogen-bond donors (Lipinski definition) is 3. The molecule has 0 rings (SSSR count). The minimum atomic E-state index is -0.685. The zero-order valence-corrected chi connectivity index (χ0v) is 37.8. The van der Waals surface area contributed by atoms with Crippen molar-refractivity contribution in [3.05, 3.63) is 36.5 Å². The van der Waals surface area contributed by atoms with Gasteiger partial charge in [0.05, 0.1) is 25.4 Å². The van der Waals surface area contributed by atoms with Crippen LogP contribution in [0.15, 0.2) is 36.5 Å². The molecule has 0 aliphatic heterocycles. The van der Waals surface area contributed by atoms with Crippen molar-refractivity contribution < 1.29 is 24.5 Å². The van der Waals surface area contributed by atoms with E-state index in [4.69, 9.17) is 4.74 Å². The summed E-state index contributed by atoms with van der Waals surface area (Å²) in [5.41, 5.74) is 0. The Kier molecular flexibility index (Phi) is 45.2. The lowest BCUT2D eigenvalue weighted by molar-refractivity contribution is -0.143. The summed E-state index contributed by atoms with van der Waals surface area (Å²) >= 11 is 0. The third-order valence-corrected chi connectivity index (χ3v) is 11.2. The highest BCUT2D eigenvalue weighted by Crippen LogP contribution is 2.15. The van der Waals surface area contributed by atoms with Crippen LogP contribution in [0.5, 0.6) is 0 Å². The maximum absolute atomic E-state index is 12.4.